The predicted octanol–water partition coefficient (Wildman–Crippen LogP) is 1.34. The van der Waals surface area contributed by atoms with Gasteiger partial charge in [0.2, 0.25) is 5.95 Å². The number of pyridine rings is 1. The van der Waals surface area contributed by atoms with E-state index in [1.807, 2.05) is 6.92 Å². The van der Waals surface area contributed by atoms with Crippen molar-refractivity contribution in [2.24, 2.45) is 0 Å². The van der Waals surface area contributed by atoms with Crippen LogP contribution in [0.1, 0.15) is 17.3 Å². The summed E-state index contributed by atoms with van der Waals surface area (Å²) in [6, 6.07) is 2.50. The van der Waals surface area contributed by atoms with Crippen LogP contribution in [-0.2, 0) is 9.47 Å². The Balaban J connectivity index is 2.86. The van der Waals surface area contributed by atoms with E-state index in [0.29, 0.717) is 19.8 Å². The van der Waals surface area contributed by atoms with Crippen LogP contribution in [0.4, 0.5) is 4.39 Å². The van der Waals surface area contributed by atoms with Crippen LogP contribution in [0.25, 0.3) is 0 Å². The Morgan fingerprint density at radius 2 is 2.21 bits per heavy atom. The first-order chi connectivity index (χ1) is 9.10. The van der Waals surface area contributed by atoms with Crippen molar-refractivity contribution in [1.29, 1.82) is 0 Å². The minimum absolute atomic E-state index is 0.121. The van der Waals surface area contributed by atoms with E-state index in [1.165, 1.54) is 12.3 Å². The molecule has 6 heteroatoms. The quantitative estimate of drug-likeness (QED) is 0.702. The number of carbonyl (C=O) groups excluding carboxylic acids is 1. The largest absolute Gasteiger partial charge is 0.383 e. The molecule has 0 aromatic carbocycles. The molecule has 1 amide bonds. The molecule has 1 aromatic heterocycles. The molecule has 0 fully saturated rings. The summed E-state index contributed by atoms with van der Waals surface area (Å²) < 4.78 is 23.1. The van der Waals surface area contributed by atoms with Gasteiger partial charge in [0, 0.05) is 38.6 Å². The molecule has 0 bridgehead atoms. The molecule has 0 N–H and O–H groups in total. The lowest BCUT2D eigenvalue weighted by molar-refractivity contribution is 0.0479. The van der Waals surface area contributed by atoms with Gasteiger partial charge in [-0.25, -0.2) is 4.98 Å². The maximum Gasteiger partial charge on any atom is 0.254 e. The third kappa shape index (κ3) is 4.57. The molecule has 1 aromatic rings. The summed E-state index contributed by atoms with van der Waals surface area (Å²) >= 11 is 0. The molecule has 0 saturated heterocycles. The van der Waals surface area contributed by atoms with E-state index in [1.54, 1.807) is 19.1 Å². The lowest BCUT2D eigenvalue weighted by atomic mass is 10.2. The average molecular weight is 270 g/mol. The average Bonchev–Trinajstić information content (AvgIpc) is 2.39. The topological polar surface area (TPSA) is 51.7 Å². The highest BCUT2D eigenvalue weighted by Gasteiger charge is 2.21. The molecule has 0 aliphatic carbocycles. The van der Waals surface area contributed by atoms with E-state index in [2.05, 4.69) is 4.98 Å². The molecule has 1 atom stereocenters. The van der Waals surface area contributed by atoms with Crippen LogP contribution in [0, 0.1) is 5.95 Å². The van der Waals surface area contributed by atoms with Crippen LogP contribution in [0.15, 0.2) is 18.3 Å². The highest BCUT2D eigenvalue weighted by molar-refractivity contribution is 5.94. The van der Waals surface area contributed by atoms with E-state index in [-0.39, 0.29) is 17.5 Å². The van der Waals surface area contributed by atoms with Crippen molar-refractivity contribution in [3.05, 3.63) is 29.8 Å². The molecule has 0 aliphatic rings. The number of ether oxygens (including phenoxy) is 2. The number of carbonyl (C=O) groups is 1. The summed E-state index contributed by atoms with van der Waals surface area (Å²) in [5.41, 5.74) is 0.270. The number of nitrogens with zero attached hydrogens (tertiary/aromatic N) is 2. The molecular weight excluding hydrogens is 251 g/mol. The molecule has 1 unspecified atom stereocenters. The van der Waals surface area contributed by atoms with E-state index in [4.69, 9.17) is 9.47 Å². The van der Waals surface area contributed by atoms with Crippen LogP contribution in [0.3, 0.4) is 0 Å². The Labute approximate surface area is 112 Å². The van der Waals surface area contributed by atoms with Gasteiger partial charge in [-0.3, -0.25) is 4.79 Å². The Morgan fingerprint density at radius 1 is 1.47 bits per heavy atom. The smallest absolute Gasteiger partial charge is 0.254 e. The summed E-state index contributed by atoms with van der Waals surface area (Å²) in [6.07, 6.45) is 1.28. The maximum absolute atomic E-state index is 13.1. The van der Waals surface area contributed by atoms with Crippen molar-refractivity contribution >= 4 is 5.91 Å². The van der Waals surface area contributed by atoms with Gasteiger partial charge in [0.05, 0.1) is 19.3 Å². The standard InChI is InChI=1S/C13H19FN2O3/c1-10(9-19-3)16(6-7-18-2)13(17)11-4-5-15-12(14)8-11/h4-5,8,10H,6-7,9H2,1-3H3. The lowest BCUT2D eigenvalue weighted by Gasteiger charge is -2.28. The van der Waals surface area contributed by atoms with Crippen molar-refractivity contribution in [2.75, 3.05) is 34.0 Å². The Morgan fingerprint density at radius 3 is 2.79 bits per heavy atom. The maximum atomic E-state index is 13.1. The molecule has 1 rings (SSSR count). The van der Waals surface area contributed by atoms with Gasteiger partial charge in [-0.2, -0.15) is 4.39 Å². The first kappa shape index (κ1) is 15.5. The van der Waals surface area contributed by atoms with Crippen LogP contribution in [0.2, 0.25) is 0 Å². The Hall–Kier alpha value is -1.53. The van der Waals surface area contributed by atoms with Gasteiger partial charge in [0.15, 0.2) is 0 Å². The van der Waals surface area contributed by atoms with Crippen LogP contribution < -0.4 is 0 Å². The van der Waals surface area contributed by atoms with Gasteiger partial charge in [0.25, 0.3) is 5.91 Å². The lowest BCUT2D eigenvalue weighted by Crippen LogP contribution is -2.43. The minimum Gasteiger partial charge on any atom is -0.383 e. The number of amides is 1. The molecular formula is C13H19FN2O3. The number of methoxy groups -OCH3 is 2. The Bertz CT molecular complexity index is 415. The van der Waals surface area contributed by atoms with E-state index in [9.17, 15) is 9.18 Å². The fraction of sp³-hybridized carbons (Fsp3) is 0.538. The SMILES string of the molecule is COCCN(C(=O)c1ccnc(F)c1)C(C)COC. The molecule has 5 nitrogen and oxygen atoms in total. The molecule has 106 valence electrons. The van der Waals surface area contributed by atoms with Gasteiger partial charge in [-0.1, -0.05) is 0 Å². The number of rotatable bonds is 7. The number of hydrogen-bond acceptors (Lipinski definition) is 4. The number of aromatic nitrogens is 1. The van der Waals surface area contributed by atoms with E-state index in [0.717, 1.165) is 6.07 Å². The molecule has 0 saturated carbocycles. The van der Waals surface area contributed by atoms with Crippen LogP contribution in [0.5, 0.6) is 0 Å². The molecule has 0 spiro atoms. The summed E-state index contributed by atoms with van der Waals surface area (Å²) in [4.78, 5) is 17.4. The van der Waals surface area contributed by atoms with Gasteiger partial charge in [0.1, 0.15) is 0 Å². The monoisotopic (exact) mass is 270 g/mol. The normalized spacial score (nSPS) is 12.2. The Kier molecular flexibility index (Phi) is 6.38. The zero-order chi connectivity index (χ0) is 14.3. The molecule has 1 heterocycles. The fourth-order valence-electron chi connectivity index (χ4n) is 1.74. The van der Waals surface area contributed by atoms with Crippen molar-refractivity contribution in [3.63, 3.8) is 0 Å². The van der Waals surface area contributed by atoms with E-state index < -0.39 is 5.95 Å². The highest BCUT2D eigenvalue weighted by Crippen LogP contribution is 2.09. The van der Waals surface area contributed by atoms with Crippen molar-refractivity contribution in [3.8, 4) is 0 Å². The van der Waals surface area contributed by atoms with Gasteiger partial charge in [-0.15, -0.1) is 0 Å². The van der Waals surface area contributed by atoms with Gasteiger partial charge in [-0.05, 0) is 13.0 Å². The first-order valence-electron chi connectivity index (χ1n) is 6.00. The summed E-state index contributed by atoms with van der Waals surface area (Å²) in [5.74, 6) is -0.931. The molecule has 19 heavy (non-hydrogen) atoms. The van der Waals surface area contributed by atoms with E-state index >= 15 is 0 Å². The second-order valence-electron chi connectivity index (χ2n) is 4.16. The summed E-state index contributed by atoms with van der Waals surface area (Å²) in [6.45, 7) is 3.11. The number of halogens is 1. The predicted molar refractivity (Wildman–Crippen MR) is 68.4 cm³/mol. The highest BCUT2D eigenvalue weighted by atomic mass is 19.1. The second kappa shape index (κ2) is 7.81. The second-order valence-corrected chi connectivity index (χ2v) is 4.16. The van der Waals surface area contributed by atoms with Crippen molar-refractivity contribution in [2.45, 2.75) is 13.0 Å². The third-order valence-corrected chi connectivity index (χ3v) is 2.71. The van der Waals surface area contributed by atoms with Crippen molar-refractivity contribution in [1.82, 2.24) is 9.88 Å². The zero-order valence-corrected chi connectivity index (χ0v) is 11.4. The zero-order valence-electron chi connectivity index (χ0n) is 11.4. The molecule has 0 aliphatic heterocycles. The fourth-order valence-corrected chi connectivity index (χ4v) is 1.74. The summed E-state index contributed by atoms with van der Waals surface area (Å²) in [5, 5.41) is 0. The van der Waals surface area contributed by atoms with Gasteiger partial charge < -0.3 is 14.4 Å². The first-order valence-corrected chi connectivity index (χ1v) is 6.00. The van der Waals surface area contributed by atoms with Crippen molar-refractivity contribution < 1.29 is 18.7 Å². The van der Waals surface area contributed by atoms with Crippen LogP contribution >= 0.6 is 0 Å². The third-order valence-electron chi connectivity index (χ3n) is 2.71. The summed E-state index contributed by atoms with van der Waals surface area (Å²) in [7, 11) is 3.14. The minimum atomic E-state index is -0.670. The molecule has 0 radical (unpaired) electrons. The van der Waals surface area contributed by atoms with Gasteiger partial charge >= 0.3 is 0 Å². The van der Waals surface area contributed by atoms with Crippen LogP contribution in [-0.4, -0.2) is 55.8 Å². The number of hydrogen-bond donors (Lipinski definition) is 0.